The van der Waals surface area contributed by atoms with Gasteiger partial charge in [-0.2, -0.15) is 0 Å². The third kappa shape index (κ3) is 6.82. The van der Waals surface area contributed by atoms with Crippen molar-refractivity contribution >= 4 is 5.71 Å². The molecule has 0 fully saturated rings. The number of oxime groups is 1. The van der Waals surface area contributed by atoms with Crippen LogP contribution in [0.25, 0.3) is 0 Å². The summed E-state index contributed by atoms with van der Waals surface area (Å²) in [7, 11) is 0. The smallest absolute Gasteiger partial charge is 0.119 e. The SMILES string of the molecule is C/C(Cc1ccc(OCCOC(C)(C)C)cc1)=N/O. The summed E-state index contributed by atoms with van der Waals surface area (Å²) in [5.74, 6) is 0.819. The molecule has 0 heterocycles. The predicted octanol–water partition coefficient (Wildman–Crippen LogP) is 3.27. The van der Waals surface area contributed by atoms with Crippen LogP contribution in [0.3, 0.4) is 0 Å². The Bertz CT molecular complexity index is 404. The van der Waals surface area contributed by atoms with Crippen LogP contribution in [0.5, 0.6) is 5.75 Å². The molecule has 1 rings (SSSR count). The Labute approximate surface area is 115 Å². The molecule has 0 saturated carbocycles. The number of ether oxygens (including phenoxy) is 2. The van der Waals surface area contributed by atoms with E-state index in [0.29, 0.717) is 25.3 Å². The lowest BCUT2D eigenvalue weighted by Gasteiger charge is -2.19. The highest BCUT2D eigenvalue weighted by Crippen LogP contribution is 2.13. The molecule has 0 radical (unpaired) electrons. The van der Waals surface area contributed by atoms with E-state index in [9.17, 15) is 0 Å². The van der Waals surface area contributed by atoms with Gasteiger partial charge in [-0.15, -0.1) is 0 Å². The first kappa shape index (κ1) is 15.5. The van der Waals surface area contributed by atoms with Crippen molar-refractivity contribution < 1.29 is 14.7 Å². The Kier molecular flexibility index (Phi) is 5.83. The van der Waals surface area contributed by atoms with Crippen LogP contribution in [-0.2, 0) is 11.2 Å². The zero-order chi connectivity index (χ0) is 14.3. The van der Waals surface area contributed by atoms with Crippen molar-refractivity contribution in [1.29, 1.82) is 0 Å². The van der Waals surface area contributed by atoms with Gasteiger partial charge in [-0.3, -0.25) is 0 Å². The van der Waals surface area contributed by atoms with E-state index in [1.165, 1.54) is 0 Å². The molecule has 0 aromatic heterocycles. The molecule has 0 bridgehead atoms. The minimum atomic E-state index is -0.131. The van der Waals surface area contributed by atoms with Crippen LogP contribution >= 0.6 is 0 Å². The number of benzene rings is 1. The number of rotatable bonds is 6. The van der Waals surface area contributed by atoms with Crippen LogP contribution in [0.2, 0.25) is 0 Å². The van der Waals surface area contributed by atoms with Crippen molar-refractivity contribution in [2.24, 2.45) is 5.16 Å². The molecule has 0 unspecified atom stereocenters. The van der Waals surface area contributed by atoms with Crippen molar-refractivity contribution in [3.8, 4) is 5.75 Å². The van der Waals surface area contributed by atoms with Gasteiger partial charge >= 0.3 is 0 Å². The maximum atomic E-state index is 8.61. The molecule has 1 N–H and O–H groups in total. The Morgan fingerprint density at radius 2 is 1.79 bits per heavy atom. The van der Waals surface area contributed by atoms with Gasteiger partial charge < -0.3 is 14.7 Å². The summed E-state index contributed by atoms with van der Waals surface area (Å²) in [6, 6.07) is 7.76. The number of nitrogens with zero attached hydrogens (tertiary/aromatic N) is 1. The van der Waals surface area contributed by atoms with E-state index < -0.39 is 0 Å². The molecule has 1 aromatic carbocycles. The topological polar surface area (TPSA) is 51.0 Å². The maximum absolute atomic E-state index is 8.61. The molecule has 19 heavy (non-hydrogen) atoms. The number of hydrogen-bond acceptors (Lipinski definition) is 4. The molecule has 106 valence electrons. The van der Waals surface area contributed by atoms with Gasteiger partial charge in [0.2, 0.25) is 0 Å². The Morgan fingerprint density at radius 3 is 2.32 bits per heavy atom. The standard InChI is InChI=1S/C15H23NO3/c1-12(16-17)11-13-5-7-14(8-6-13)18-9-10-19-15(2,3)4/h5-8,17H,9-11H2,1-4H3/b16-12-. The van der Waals surface area contributed by atoms with Crippen LogP contribution in [0.15, 0.2) is 29.4 Å². The molecule has 1 aromatic rings. The second kappa shape index (κ2) is 7.14. The van der Waals surface area contributed by atoms with E-state index in [-0.39, 0.29) is 5.60 Å². The van der Waals surface area contributed by atoms with Gasteiger partial charge in [0.1, 0.15) is 12.4 Å². The lowest BCUT2D eigenvalue weighted by molar-refractivity contribution is -0.0163. The van der Waals surface area contributed by atoms with Crippen LogP contribution in [0.4, 0.5) is 0 Å². The quantitative estimate of drug-likeness (QED) is 0.372. The van der Waals surface area contributed by atoms with Gasteiger partial charge in [-0.1, -0.05) is 17.3 Å². The average molecular weight is 265 g/mol. The van der Waals surface area contributed by atoms with E-state index >= 15 is 0 Å². The van der Waals surface area contributed by atoms with Crippen LogP contribution in [0, 0.1) is 0 Å². The first-order chi connectivity index (χ1) is 8.90. The van der Waals surface area contributed by atoms with Crippen molar-refractivity contribution in [3.05, 3.63) is 29.8 Å². The van der Waals surface area contributed by atoms with Crippen LogP contribution in [0.1, 0.15) is 33.3 Å². The predicted molar refractivity (Wildman–Crippen MR) is 76.2 cm³/mol. The molecule has 4 nitrogen and oxygen atoms in total. The first-order valence-corrected chi connectivity index (χ1v) is 6.44. The van der Waals surface area contributed by atoms with E-state index in [1.807, 2.05) is 45.0 Å². The Morgan fingerprint density at radius 1 is 1.16 bits per heavy atom. The molecular weight excluding hydrogens is 242 g/mol. The lowest BCUT2D eigenvalue weighted by Crippen LogP contribution is -2.22. The molecule has 0 aliphatic carbocycles. The van der Waals surface area contributed by atoms with E-state index in [4.69, 9.17) is 14.7 Å². The van der Waals surface area contributed by atoms with Crippen molar-refractivity contribution in [2.45, 2.75) is 39.7 Å². The largest absolute Gasteiger partial charge is 0.491 e. The normalized spacial score (nSPS) is 12.5. The van der Waals surface area contributed by atoms with Crippen LogP contribution < -0.4 is 4.74 Å². The Balaban J connectivity index is 2.36. The van der Waals surface area contributed by atoms with Gasteiger partial charge in [0.15, 0.2) is 0 Å². The van der Waals surface area contributed by atoms with E-state index in [2.05, 4.69) is 5.16 Å². The summed E-state index contributed by atoms with van der Waals surface area (Å²) in [4.78, 5) is 0. The van der Waals surface area contributed by atoms with E-state index in [0.717, 1.165) is 11.3 Å². The van der Waals surface area contributed by atoms with Gasteiger partial charge in [0.05, 0.1) is 17.9 Å². The average Bonchev–Trinajstić information content (AvgIpc) is 2.35. The molecular formula is C15H23NO3. The minimum Gasteiger partial charge on any atom is -0.491 e. The summed E-state index contributed by atoms with van der Waals surface area (Å²) < 4.78 is 11.2. The third-order valence-electron chi connectivity index (χ3n) is 2.44. The highest BCUT2D eigenvalue weighted by atomic mass is 16.5. The van der Waals surface area contributed by atoms with E-state index in [1.54, 1.807) is 6.92 Å². The summed E-state index contributed by atoms with van der Waals surface area (Å²) in [5.41, 5.74) is 1.65. The highest BCUT2D eigenvalue weighted by Gasteiger charge is 2.09. The molecule has 0 spiro atoms. The number of hydrogen-bond donors (Lipinski definition) is 1. The molecule has 0 amide bonds. The van der Waals surface area contributed by atoms with Crippen molar-refractivity contribution in [2.75, 3.05) is 13.2 Å². The minimum absolute atomic E-state index is 0.131. The molecule has 0 saturated heterocycles. The lowest BCUT2D eigenvalue weighted by atomic mass is 10.1. The van der Waals surface area contributed by atoms with Crippen molar-refractivity contribution in [1.82, 2.24) is 0 Å². The fourth-order valence-electron chi connectivity index (χ4n) is 1.54. The van der Waals surface area contributed by atoms with Gasteiger partial charge in [0, 0.05) is 6.42 Å². The molecule has 0 aliphatic heterocycles. The summed E-state index contributed by atoms with van der Waals surface area (Å²) in [5, 5.41) is 11.8. The summed E-state index contributed by atoms with van der Waals surface area (Å²) in [6.45, 7) is 8.95. The fraction of sp³-hybridized carbons (Fsp3) is 0.533. The van der Waals surface area contributed by atoms with Gasteiger partial charge in [-0.05, 0) is 45.4 Å². The van der Waals surface area contributed by atoms with Gasteiger partial charge in [-0.25, -0.2) is 0 Å². The molecule has 0 atom stereocenters. The zero-order valence-corrected chi connectivity index (χ0v) is 12.1. The highest BCUT2D eigenvalue weighted by molar-refractivity contribution is 5.83. The molecule has 0 aliphatic rings. The Hall–Kier alpha value is -1.55. The monoisotopic (exact) mass is 265 g/mol. The third-order valence-corrected chi connectivity index (χ3v) is 2.44. The first-order valence-electron chi connectivity index (χ1n) is 6.44. The second-order valence-electron chi connectivity index (χ2n) is 5.47. The van der Waals surface area contributed by atoms with Crippen LogP contribution in [-0.4, -0.2) is 29.7 Å². The summed E-state index contributed by atoms with van der Waals surface area (Å²) >= 11 is 0. The summed E-state index contributed by atoms with van der Waals surface area (Å²) in [6.07, 6.45) is 0.643. The fourth-order valence-corrected chi connectivity index (χ4v) is 1.54. The maximum Gasteiger partial charge on any atom is 0.119 e. The molecule has 4 heteroatoms. The van der Waals surface area contributed by atoms with Gasteiger partial charge in [0.25, 0.3) is 0 Å². The second-order valence-corrected chi connectivity index (χ2v) is 5.47. The zero-order valence-electron chi connectivity index (χ0n) is 12.1. The van der Waals surface area contributed by atoms with Crippen molar-refractivity contribution in [3.63, 3.8) is 0 Å².